The van der Waals surface area contributed by atoms with Gasteiger partial charge in [0, 0.05) is 22.7 Å². The molecule has 0 saturated carbocycles. The van der Waals surface area contributed by atoms with Crippen LogP contribution in [0.3, 0.4) is 0 Å². The fourth-order valence-electron chi connectivity index (χ4n) is 2.22. The summed E-state index contributed by atoms with van der Waals surface area (Å²) in [6, 6.07) is 10.2. The summed E-state index contributed by atoms with van der Waals surface area (Å²) in [4.78, 5) is 5.44. The number of thiophene rings is 1. The molecule has 5 heteroatoms. The van der Waals surface area contributed by atoms with Gasteiger partial charge in [-0.1, -0.05) is 30.4 Å². The molecule has 0 radical (unpaired) electrons. The zero-order valence-corrected chi connectivity index (χ0v) is 14.6. The average molecular weight is 331 g/mol. The molecule has 1 atom stereocenters. The zero-order valence-electron chi connectivity index (χ0n) is 13.7. The highest BCUT2D eigenvalue weighted by Gasteiger charge is 2.11. The Morgan fingerprint density at radius 1 is 1.35 bits per heavy atom. The van der Waals surface area contributed by atoms with Crippen LogP contribution in [0.15, 0.2) is 47.5 Å². The SMILES string of the molecule is C/C=C/CCNC(=NCC(O)c1cc2ccccc2s1)NCC. The minimum Gasteiger partial charge on any atom is -0.386 e. The van der Waals surface area contributed by atoms with Gasteiger partial charge in [0.2, 0.25) is 0 Å². The van der Waals surface area contributed by atoms with Crippen molar-refractivity contribution in [3.63, 3.8) is 0 Å². The van der Waals surface area contributed by atoms with Gasteiger partial charge in [-0.05, 0) is 37.8 Å². The molecule has 23 heavy (non-hydrogen) atoms. The number of aliphatic imine (C=N–C) groups is 1. The Bertz CT molecular complexity index is 630. The largest absolute Gasteiger partial charge is 0.386 e. The predicted octanol–water partition coefficient (Wildman–Crippen LogP) is 3.46. The van der Waals surface area contributed by atoms with Crippen molar-refractivity contribution in [2.75, 3.05) is 19.6 Å². The summed E-state index contributed by atoms with van der Waals surface area (Å²) in [5.41, 5.74) is 0. The number of aliphatic hydroxyl groups is 1. The summed E-state index contributed by atoms with van der Waals surface area (Å²) in [5.74, 6) is 0.747. The van der Waals surface area contributed by atoms with E-state index in [9.17, 15) is 5.11 Å². The van der Waals surface area contributed by atoms with Crippen LogP contribution in [-0.4, -0.2) is 30.7 Å². The molecule has 0 aliphatic heterocycles. The van der Waals surface area contributed by atoms with E-state index in [1.807, 2.05) is 38.1 Å². The molecule has 1 heterocycles. The number of aliphatic hydroxyl groups excluding tert-OH is 1. The third kappa shape index (κ3) is 5.37. The van der Waals surface area contributed by atoms with E-state index < -0.39 is 6.10 Å². The minimum absolute atomic E-state index is 0.353. The molecule has 0 bridgehead atoms. The molecule has 1 unspecified atom stereocenters. The summed E-state index contributed by atoms with van der Waals surface area (Å²) in [6.45, 7) is 6.03. The quantitative estimate of drug-likeness (QED) is 0.315. The number of allylic oxidation sites excluding steroid dienone is 1. The predicted molar refractivity (Wildman–Crippen MR) is 100 cm³/mol. The molecular weight excluding hydrogens is 306 g/mol. The van der Waals surface area contributed by atoms with Gasteiger partial charge in [-0.25, -0.2) is 0 Å². The van der Waals surface area contributed by atoms with Crippen molar-refractivity contribution >= 4 is 27.4 Å². The molecule has 1 aromatic heterocycles. The van der Waals surface area contributed by atoms with E-state index in [-0.39, 0.29) is 0 Å². The average Bonchev–Trinajstić information content (AvgIpc) is 3.00. The summed E-state index contributed by atoms with van der Waals surface area (Å²) >= 11 is 1.63. The van der Waals surface area contributed by atoms with Crippen molar-refractivity contribution in [1.82, 2.24) is 10.6 Å². The number of hydrogen-bond donors (Lipinski definition) is 3. The molecule has 4 nitrogen and oxygen atoms in total. The normalized spacial score (nSPS) is 13.6. The van der Waals surface area contributed by atoms with Gasteiger partial charge >= 0.3 is 0 Å². The molecule has 3 N–H and O–H groups in total. The van der Waals surface area contributed by atoms with Crippen molar-refractivity contribution < 1.29 is 5.11 Å². The summed E-state index contributed by atoms with van der Waals surface area (Å²) in [7, 11) is 0. The van der Waals surface area contributed by atoms with Crippen molar-refractivity contribution in [3.05, 3.63) is 47.4 Å². The lowest BCUT2D eigenvalue weighted by Gasteiger charge is -2.12. The number of rotatable bonds is 7. The van der Waals surface area contributed by atoms with E-state index in [1.54, 1.807) is 11.3 Å². The molecule has 2 rings (SSSR count). The van der Waals surface area contributed by atoms with Gasteiger partial charge in [-0.2, -0.15) is 0 Å². The van der Waals surface area contributed by atoms with Crippen LogP contribution < -0.4 is 10.6 Å². The second kappa shape index (κ2) is 9.33. The first-order chi connectivity index (χ1) is 11.2. The first kappa shape index (κ1) is 17.5. The van der Waals surface area contributed by atoms with Crippen LogP contribution in [0.2, 0.25) is 0 Å². The van der Waals surface area contributed by atoms with Crippen LogP contribution in [0.5, 0.6) is 0 Å². The number of guanidine groups is 1. The number of hydrogen-bond acceptors (Lipinski definition) is 3. The van der Waals surface area contributed by atoms with Gasteiger partial charge in [0.1, 0.15) is 6.10 Å². The van der Waals surface area contributed by atoms with E-state index >= 15 is 0 Å². The number of nitrogens with one attached hydrogen (secondary N) is 2. The Kier molecular flexibility index (Phi) is 7.10. The zero-order chi connectivity index (χ0) is 16.5. The molecule has 0 fully saturated rings. The van der Waals surface area contributed by atoms with Crippen molar-refractivity contribution in [2.45, 2.75) is 26.4 Å². The lowest BCUT2D eigenvalue weighted by atomic mass is 10.2. The lowest BCUT2D eigenvalue weighted by Crippen LogP contribution is -2.38. The van der Waals surface area contributed by atoms with Gasteiger partial charge < -0.3 is 15.7 Å². The molecule has 1 aromatic carbocycles. The summed E-state index contributed by atoms with van der Waals surface area (Å²) in [6.07, 6.45) is 4.54. The molecule has 0 spiro atoms. The Morgan fingerprint density at radius 3 is 2.91 bits per heavy atom. The smallest absolute Gasteiger partial charge is 0.191 e. The first-order valence-electron chi connectivity index (χ1n) is 8.04. The molecule has 2 aromatic rings. The standard InChI is InChI=1S/C18H25N3OS/c1-3-5-8-11-20-18(19-4-2)21-13-15(22)17-12-14-9-6-7-10-16(14)23-17/h3,5-7,9-10,12,15,22H,4,8,11,13H2,1-2H3,(H2,19,20,21)/b5-3+. The lowest BCUT2D eigenvalue weighted by molar-refractivity contribution is 0.191. The number of benzene rings is 1. The summed E-state index contributed by atoms with van der Waals surface area (Å²) in [5, 5.41) is 18.0. The van der Waals surface area contributed by atoms with Crippen LogP contribution in [0.4, 0.5) is 0 Å². The van der Waals surface area contributed by atoms with Crippen LogP contribution in [0, 0.1) is 0 Å². The maximum Gasteiger partial charge on any atom is 0.191 e. The second-order valence-electron chi connectivity index (χ2n) is 5.21. The highest BCUT2D eigenvalue weighted by atomic mass is 32.1. The molecule has 0 aliphatic rings. The Morgan fingerprint density at radius 2 is 2.17 bits per heavy atom. The third-order valence-corrected chi connectivity index (χ3v) is 4.60. The maximum atomic E-state index is 10.4. The van der Waals surface area contributed by atoms with Crippen LogP contribution >= 0.6 is 11.3 Å². The van der Waals surface area contributed by atoms with E-state index in [2.05, 4.69) is 33.8 Å². The van der Waals surface area contributed by atoms with E-state index in [4.69, 9.17) is 0 Å². The fourth-order valence-corrected chi connectivity index (χ4v) is 3.26. The minimum atomic E-state index is -0.571. The van der Waals surface area contributed by atoms with Crippen LogP contribution in [-0.2, 0) is 0 Å². The molecular formula is C18H25N3OS. The first-order valence-corrected chi connectivity index (χ1v) is 8.86. The molecule has 0 saturated heterocycles. The number of fused-ring (bicyclic) bond motifs is 1. The van der Waals surface area contributed by atoms with E-state index in [1.165, 1.54) is 10.1 Å². The summed E-state index contributed by atoms with van der Waals surface area (Å²) < 4.78 is 1.20. The van der Waals surface area contributed by atoms with Crippen molar-refractivity contribution in [3.8, 4) is 0 Å². The van der Waals surface area contributed by atoms with Gasteiger partial charge in [-0.15, -0.1) is 11.3 Å². The van der Waals surface area contributed by atoms with Gasteiger partial charge in [-0.3, -0.25) is 4.99 Å². The number of nitrogens with zero attached hydrogens (tertiary/aromatic N) is 1. The van der Waals surface area contributed by atoms with E-state index in [0.717, 1.165) is 30.3 Å². The second-order valence-corrected chi connectivity index (χ2v) is 6.32. The third-order valence-electron chi connectivity index (χ3n) is 3.38. The maximum absolute atomic E-state index is 10.4. The fraction of sp³-hybridized carbons (Fsp3) is 0.389. The Hall–Kier alpha value is -1.85. The van der Waals surface area contributed by atoms with Gasteiger partial charge in [0.05, 0.1) is 6.54 Å². The van der Waals surface area contributed by atoms with Crippen LogP contribution in [0.25, 0.3) is 10.1 Å². The van der Waals surface area contributed by atoms with Gasteiger partial charge in [0.15, 0.2) is 5.96 Å². The highest BCUT2D eigenvalue weighted by molar-refractivity contribution is 7.19. The topological polar surface area (TPSA) is 56.7 Å². The molecule has 0 amide bonds. The Balaban J connectivity index is 1.96. The van der Waals surface area contributed by atoms with Crippen LogP contribution in [0.1, 0.15) is 31.2 Å². The highest BCUT2D eigenvalue weighted by Crippen LogP contribution is 2.29. The van der Waals surface area contributed by atoms with E-state index in [0.29, 0.717) is 6.54 Å². The Labute approximate surface area is 142 Å². The van der Waals surface area contributed by atoms with Gasteiger partial charge in [0.25, 0.3) is 0 Å². The van der Waals surface area contributed by atoms with Crippen molar-refractivity contribution in [1.29, 1.82) is 0 Å². The monoisotopic (exact) mass is 331 g/mol. The van der Waals surface area contributed by atoms with Crippen molar-refractivity contribution in [2.24, 2.45) is 4.99 Å². The molecule has 124 valence electrons. The molecule has 0 aliphatic carbocycles.